The number of nitrogens with two attached hydrogens (primary N) is 1. The summed E-state index contributed by atoms with van der Waals surface area (Å²) < 4.78 is 5.26. The van der Waals surface area contributed by atoms with Gasteiger partial charge in [-0.05, 0) is 69.3 Å². The fourth-order valence-electron chi connectivity index (χ4n) is 4.56. The highest BCUT2D eigenvalue weighted by Crippen LogP contribution is 2.24. The van der Waals surface area contributed by atoms with Crippen molar-refractivity contribution in [3.8, 4) is 22.3 Å². The molecule has 6 rings (SSSR count). The Balaban J connectivity index is 0.000000205. The number of nitrogen functional groups attached to an aromatic ring is 1. The first kappa shape index (κ1) is 35.4. The first-order chi connectivity index (χ1) is 24.6. The number of pyridine rings is 4. The normalized spacial score (nSPS) is 10.6. The van der Waals surface area contributed by atoms with Crippen molar-refractivity contribution in [3.05, 3.63) is 146 Å². The van der Waals surface area contributed by atoms with Gasteiger partial charge in [0.2, 0.25) is 0 Å². The van der Waals surface area contributed by atoms with E-state index in [0.717, 1.165) is 22.3 Å². The molecule has 3 amide bonds. The lowest BCUT2D eigenvalue weighted by Crippen LogP contribution is -2.27. The third kappa shape index (κ3) is 10.3. The molecule has 4 aromatic heterocycles. The number of ether oxygens (including phenoxy) is 1. The minimum atomic E-state index is -0.623. The largest absolute Gasteiger partial charge is 0.444 e. The number of hydrogen-bond acceptors (Lipinski definition) is 9. The number of hydrogen-bond donors (Lipinski definition) is 4. The summed E-state index contributed by atoms with van der Waals surface area (Å²) in [7, 11) is 0. The van der Waals surface area contributed by atoms with Gasteiger partial charge in [-0.1, -0.05) is 48.5 Å². The molecule has 0 saturated carbocycles. The maximum absolute atomic E-state index is 12.6. The van der Waals surface area contributed by atoms with E-state index in [0.29, 0.717) is 28.4 Å². The van der Waals surface area contributed by atoms with E-state index >= 15 is 0 Å². The van der Waals surface area contributed by atoms with Gasteiger partial charge in [0.05, 0.1) is 22.7 Å². The molecule has 5 N–H and O–H groups in total. The van der Waals surface area contributed by atoms with Crippen LogP contribution in [-0.4, -0.2) is 43.4 Å². The number of nitrogens with one attached hydrogen (secondary N) is 3. The van der Waals surface area contributed by atoms with E-state index in [1.807, 2.05) is 48.5 Å². The van der Waals surface area contributed by atoms with E-state index in [9.17, 15) is 14.4 Å². The molecule has 256 valence electrons. The maximum Gasteiger partial charge on any atom is 0.412 e. The van der Waals surface area contributed by atoms with E-state index in [-0.39, 0.29) is 17.5 Å². The van der Waals surface area contributed by atoms with Crippen molar-refractivity contribution < 1.29 is 19.1 Å². The molecular formula is C39H36N8O4. The Hall–Kier alpha value is -6.95. The fraction of sp³-hybridized carbons (Fsp3) is 0.103. The summed E-state index contributed by atoms with van der Waals surface area (Å²) in [6, 6.07) is 28.5. The predicted molar refractivity (Wildman–Crippen MR) is 198 cm³/mol. The van der Waals surface area contributed by atoms with Crippen LogP contribution < -0.4 is 21.7 Å². The van der Waals surface area contributed by atoms with Gasteiger partial charge in [-0.2, -0.15) is 0 Å². The Labute approximate surface area is 295 Å². The van der Waals surface area contributed by atoms with Crippen molar-refractivity contribution in [2.45, 2.75) is 26.4 Å². The van der Waals surface area contributed by atoms with Gasteiger partial charge >= 0.3 is 6.09 Å². The number of carbonyl (C=O) groups is 3. The zero-order valence-electron chi connectivity index (χ0n) is 28.2. The average Bonchev–Trinajstić information content (AvgIpc) is 3.14. The number of carbonyl (C=O) groups excluding carboxylic acids is 3. The number of rotatable bonds is 7. The molecule has 0 atom stereocenters. The first-order valence-electron chi connectivity index (χ1n) is 15.8. The molecule has 0 aliphatic carbocycles. The highest BCUT2D eigenvalue weighted by molar-refractivity contribution is 6.06. The molecule has 4 heterocycles. The Morgan fingerprint density at radius 2 is 1.00 bits per heavy atom. The molecule has 0 saturated heterocycles. The molecule has 12 nitrogen and oxygen atoms in total. The zero-order valence-corrected chi connectivity index (χ0v) is 28.2. The van der Waals surface area contributed by atoms with E-state index in [1.165, 1.54) is 0 Å². The van der Waals surface area contributed by atoms with E-state index in [4.69, 9.17) is 10.5 Å². The SMILES string of the molecule is CC(C)(C)OC(=O)Nc1ccccc1NC(=O)c1ccc(-c2cccnc2)cn1.Nc1ccccc1NC(=O)c1ccc(-c2cccnc2)cn1. The number of nitrogens with zero attached hydrogens (tertiary/aromatic N) is 4. The molecule has 0 bridgehead atoms. The molecule has 2 aromatic carbocycles. The maximum atomic E-state index is 12.6. The van der Waals surface area contributed by atoms with Crippen LogP contribution in [0.5, 0.6) is 0 Å². The van der Waals surface area contributed by atoms with Crippen LogP contribution in [-0.2, 0) is 4.74 Å². The van der Waals surface area contributed by atoms with Gasteiger partial charge in [0.25, 0.3) is 11.8 Å². The monoisotopic (exact) mass is 680 g/mol. The molecule has 0 radical (unpaired) electrons. The van der Waals surface area contributed by atoms with Crippen molar-refractivity contribution in [2.24, 2.45) is 0 Å². The summed E-state index contributed by atoms with van der Waals surface area (Å²) in [5.41, 5.74) is 11.4. The number of amides is 3. The third-order valence-electron chi connectivity index (χ3n) is 7.00. The van der Waals surface area contributed by atoms with Crippen molar-refractivity contribution in [1.82, 2.24) is 19.9 Å². The average molecular weight is 681 g/mol. The van der Waals surface area contributed by atoms with Gasteiger partial charge in [-0.3, -0.25) is 34.8 Å². The minimum Gasteiger partial charge on any atom is -0.444 e. The van der Waals surface area contributed by atoms with Crippen LogP contribution in [0.25, 0.3) is 22.3 Å². The van der Waals surface area contributed by atoms with E-state index < -0.39 is 11.7 Å². The quantitative estimate of drug-likeness (QED) is 0.123. The zero-order chi connectivity index (χ0) is 36.2. The van der Waals surface area contributed by atoms with Crippen LogP contribution in [0.2, 0.25) is 0 Å². The second-order valence-electron chi connectivity index (χ2n) is 12.0. The Bertz CT molecular complexity index is 2090. The Morgan fingerprint density at radius 1 is 0.549 bits per heavy atom. The van der Waals surface area contributed by atoms with Crippen LogP contribution in [0.1, 0.15) is 41.7 Å². The third-order valence-corrected chi connectivity index (χ3v) is 7.00. The first-order valence-corrected chi connectivity index (χ1v) is 15.8. The van der Waals surface area contributed by atoms with Crippen LogP contribution in [0.4, 0.5) is 27.5 Å². The number of para-hydroxylation sites is 4. The molecule has 0 aliphatic heterocycles. The molecule has 0 fully saturated rings. The fourth-order valence-corrected chi connectivity index (χ4v) is 4.56. The van der Waals surface area contributed by atoms with Crippen molar-refractivity contribution in [2.75, 3.05) is 21.7 Å². The van der Waals surface area contributed by atoms with Gasteiger partial charge in [0.15, 0.2) is 0 Å². The summed E-state index contributed by atoms with van der Waals surface area (Å²) in [6.45, 7) is 5.34. The van der Waals surface area contributed by atoms with Gasteiger partial charge in [-0.15, -0.1) is 0 Å². The minimum absolute atomic E-state index is 0.254. The summed E-state index contributed by atoms with van der Waals surface area (Å²) in [6.07, 6.45) is 9.57. The topological polar surface area (TPSA) is 174 Å². The number of benzene rings is 2. The van der Waals surface area contributed by atoms with Crippen molar-refractivity contribution >= 4 is 40.7 Å². The smallest absolute Gasteiger partial charge is 0.412 e. The second kappa shape index (κ2) is 16.4. The molecular weight excluding hydrogens is 644 g/mol. The Kier molecular flexibility index (Phi) is 11.4. The molecule has 0 unspecified atom stereocenters. The summed E-state index contributed by atoms with van der Waals surface area (Å²) in [5, 5.41) is 8.17. The van der Waals surface area contributed by atoms with E-state index in [1.54, 1.807) is 106 Å². The van der Waals surface area contributed by atoms with Crippen LogP contribution in [0.3, 0.4) is 0 Å². The Morgan fingerprint density at radius 3 is 1.43 bits per heavy atom. The van der Waals surface area contributed by atoms with E-state index in [2.05, 4.69) is 35.9 Å². The molecule has 0 aliphatic rings. The number of anilines is 4. The standard InChI is InChI=1S/C22H22N4O3.C17H14N4O/c1-22(2,3)29-21(28)26-18-9-5-4-8-17(18)25-20(27)19-11-10-16(14-24-19)15-7-6-12-23-13-15;18-14-5-1-2-6-15(14)21-17(22)16-8-7-13(11-20-16)12-4-3-9-19-10-12/h4-14H,1-3H3,(H,25,27)(H,26,28);1-11H,18H2,(H,21,22). The number of aromatic nitrogens is 4. The lowest BCUT2D eigenvalue weighted by Gasteiger charge is -2.20. The summed E-state index contributed by atoms with van der Waals surface area (Å²) in [5.74, 6) is -0.684. The summed E-state index contributed by atoms with van der Waals surface area (Å²) in [4.78, 5) is 53.4. The van der Waals surface area contributed by atoms with Gasteiger partial charge in [0.1, 0.15) is 17.0 Å². The molecule has 6 aromatic rings. The van der Waals surface area contributed by atoms with Gasteiger partial charge < -0.3 is 21.1 Å². The molecule has 51 heavy (non-hydrogen) atoms. The lowest BCUT2D eigenvalue weighted by molar-refractivity contribution is 0.0635. The van der Waals surface area contributed by atoms with Crippen LogP contribution in [0, 0.1) is 0 Å². The lowest BCUT2D eigenvalue weighted by atomic mass is 10.1. The predicted octanol–water partition coefficient (Wildman–Crippen LogP) is 7.72. The second-order valence-corrected chi connectivity index (χ2v) is 12.0. The van der Waals surface area contributed by atoms with Crippen LogP contribution in [0.15, 0.2) is 134 Å². The van der Waals surface area contributed by atoms with Gasteiger partial charge in [0, 0.05) is 59.4 Å². The molecule has 0 spiro atoms. The highest BCUT2D eigenvalue weighted by atomic mass is 16.6. The van der Waals surface area contributed by atoms with Crippen molar-refractivity contribution in [3.63, 3.8) is 0 Å². The highest BCUT2D eigenvalue weighted by Gasteiger charge is 2.18. The summed E-state index contributed by atoms with van der Waals surface area (Å²) >= 11 is 0. The van der Waals surface area contributed by atoms with Gasteiger partial charge in [-0.25, -0.2) is 4.79 Å². The van der Waals surface area contributed by atoms with Crippen molar-refractivity contribution in [1.29, 1.82) is 0 Å². The van der Waals surface area contributed by atoms with Crippen LogP contribution >= 0.6 is 0 Å². The molecule has 12 heteroatoms.